The fraction of sp³-hybridized carbons (Fsp3) is 0.647. The second-order valence-electron chi connectivity index (χ2n) is 7.04. The van der Waals surface area contributed by atoms with Crippen LogP contribution in [0.15, 0.2) is 18.2 Å². The van der Waals surface area contributed by atoms with Gasteiger partial charge in [-0.05, 0) is 18.4 Å². The van der Waals surface area contributed by atoms with Crippen LogP contribution in [0, 0.1) is 11.2 Å². The first-order valence-electron chi connectivity index (χ1n) is 7.61. The molecule has 2 rings (SSSR count). The van der Waals surface area contributed by atoms with Gasteiger partial charge >= 0.3 is 0 Å². The molecule has 0 radical (unpaired) electrons. The van der Waals surface area contributed by atoms with Crippen molar-refractivity contribution in [1.82, 2.24) is 10.2 Å². The summed E-state index contributed by atoms with van der Waals surface area (Å²) in [6.45, 7) is 11.4. The van der Waals surface area contributed by atoms with Crippen LogP contribution in [0.4, 0.5) is 4.39 Å². The first kappa shape index (κ1) is 16.2. The summed E-state index contributed by atoms with van der Waals surface area (Å²) in [6.07, 6.45) is 0. The van der Waals surface area contributed by atoms with Crippen molar-refractivity contribution in [3.63, 3.8) is 0 Å². The van der Waals surface area contributed by atoms with Crippen LogP contribution in [0.1, 0.15) is 33.3 Å². The molecule has 2 unspecified atom stereocenters. The fourth-order valence-corrected chi connectivity index (χ4v) is 2.78. The number of halogens is 1. The summed E-state index contributed by atoms with van der Waals surface area (Å²) >= 11 is 0. The van der Waals surface area contributed by atoms with Crippen LogP contribution >= 0.6 is 0 Å². The highest BCUT2D eigenvalue weighted by atomic mass is 19.1. The maximum atomic E-state index is 14.3. The number of nitrogens with one attached hydrogen (secondary N) is 1. The van der Waals surface area contributed by atoms with E-state index in [1.807, 2.05) is 12.1 Å². The molecular formula is C17H27FN2O. The van der Waals surface area contributed by atoms with E-state index in [1.54, 1.807) is 6.07 Å². The van der Waals surface area contributed by atoms with E-state index in [4.69, 9.17) is 4.74 Å². The lowest BCUT2D eigenvalue weighted by atomic mass is 9.84. The van der Waals surface area contributed by atoms with Crippen LogP contribution in [-0.2, 0) is 6.54 Å². The van der Waals surface area contributed by atoms with Gasteiger partial charge < -0.3 is 10.1 Å². The van der Waals surface area contributed by atoms with E-state index in [0.717, 1.165) is 13.1 Å². The molecule has 1 saturated heterocycles. The number of benzene rings is 1. The molecule has 21 heavy (non-hydrogen) atoms. The SMILES string of the molecule is COc1cccc(CN2CC(C(C)(C)C)NCC2C)c1F. The standard InChI is InChI=1S/C17H27FN2O/c1-12-9-19-15(17(2,3)4)11-20(12)10-13-7-6-8-14(21-5)16(13)18/h6-8,12,15,19H,9-11H2,1-5H3. The van der Waals surface area contributed by atoms with E-state index in [2.05, 4.69) is 37.9 Å². The number of nitrogens with zero attached hydrogens (tertiary/aromatic N) is 1. The van der Waals surface area contributed by atoms with Gasteiger partial charge in [0.15, 0.2) is 11.6 Å². The molecule has 0 bridgehead atoms. The summed E-state index contributed by atoms with van der Waals surface area (Å²) in [7, 11) is 1.51. The van der Waals surface area contributed by atoms with Crippen LogP contribution in [0.3, 0.4) is 0 Å². The predicted octanol–water partition coefficient (Wildman–Crippen LogP) is 3.04. The molecule has 0 aliphatic carbocycles. The molecule has 0 saturated carbocycles. The number of ether oxygens (including phenoxy) is 1. The van der Waals surface area contributed by atoms with Crippen molar-refractivity contribution in [3.8, 4) is 5.75 Å². The molecule has 0 aromatic heterocycles. The normalized spacial score (nSPS) is 24.1. The van der Waals surface area contributed by atoms with Crippen LogP contribution in [0.2, 0.25) is 0 Å². The quantitative estimate of drug-likeness (QED) is 0.927. The first-order valence-corrected chi connectivity index (χ1v) is 7.61. The van der Waals surface area contributed by atoms with Crippen LogP contribution < -0.4 is 10.1 Å². The van der Waals surface area contributed by atoms with Crippen LogP contribution in [-0.4, -0.2) is 37.2 Å². The Bertz CT molecular complexity index is 484. The Morgan fingerprint density at radius 3 is 2.71 bits per heavy atom. The van der Waals surface area contributed by atoms with Crippen molar-refractivity contribution in [2.24, 2.45) is 5.41 Å². The maximum Gasteiger partial charge on any atom is 0.169 e. The third-order valence-electron chi connectivity index (χ3n) is 4.38. The third-order valence-corrected chi connectivity index (χ3v) is 4.38. The summed E-state index contributed by atoms with van der Waals surface area (Å²) in [5.74, 6) is 0.0840. The smallest absolute Gasteiger partial charge is 0.169 e. The van der Waals surface area contributed by atoms with Crippen molar-refractivity contribution in [2.75, 3.05) is 20.2 Å². The fourth-order valence-electron chi connectivity index (χ4n) is 2.78. The summed E-state index contributed by atoms with van der Waals surface area (Å²) in [4.78, 5) is 2.35. The Morgan fingerprint density at radius 1 is 1.38 bits per heavy atom. The van der Waals surface area contributed by atoms with Crippen molar-refractivity contribution < 1.29 is 9.13 Å². The topological polar surface area (TPSA) is 24.5 Å². The van der Waals surface area contributed by atoms with Crippen LogP contribution in [0.5, 0.6) is 5.75 Å². The zero-order chi connectivity index (χ0) is 15.6. The highest BCUT2D eigenvalue weighted by Gasteiger charge is 2.32. The summed E-state index contributed by atoms with van der Waals surface area (Å²) in [5.41, 5.74) is 0.904. The van der Waals surface area contributed by atoms with Gasteiger partial charge in [0.2, 0.25) is 0 Å². The second kappa shape index (κ2) is 6.32. The monoisotopic (exact) mass is 294 g/mol. The number of methoxy groups -OCH3 is 1. The molecule has 1 aromatic carbocycles. The zero-order valence-corrected chi connectivity index (χ0v) is 13.7. The number of hydrogen-bond acceptors (Lipinski definition) is 3. The van der Waals surface area contributed by atoms with Gasteiger partial charge in [0.1, 0.15) is 0 Å². The Morgan fingerprint density at radius 2 is 2.10 bits per heavy atom. The Balaban J connectivity index is 2.14. The molecule has 0 amide bonds. The molecule has 1 N–H and O–H groups in total. The number of hydrogen-bond donors (Lipinski definition) is 1. The molecule has 1 fully saturated rings. The largest absolute Gasteiger partial charge is 0.494 e. The molecule has 4 heteroatoms. The average Bonchev–Trinajstić information content (AvgIpc) is 2.42. The first-order chi connectivity index (χ1) is 9.82. The van der Waals surface area contributed by atoms with Gasteiger partial charge in [-0.15, -0.1) is 0 Å². The lowest BCUT2D eigenvalue weighted by Gasteiger charge is -2.44. The molecule has 1 heterocycles. The third kappa shape index (κ3) is 3.74. The summed E-state index contributed by atoms with van der Waals surface area (Å²) in [5, 5.41) is 3.60. The van der Waals surface area contributed by atoms with Gasteiger partial charge in [0.05, 0.1) is 7.11 Å². The lowest BCUT2D eigenvalue weighted by Crippen LogP contribution is -2.59. The zero-order valence-electron chi connectivity index (χ0n) is 13.7. The number of rotatable bonds is 3. The highest BCUT2D eigenvalue weighted by molar-refractivity contribution is 5.31. The molecular weight excluding hydrogens is 267 g/mol. The molecule has 1 aliphatic rings. The lowest BCUT2D eigenvalue weighted by molar-refractivity contribution is 0.0867. The highest BCUT2D eigenvalue weighted by Crippen LogP contribution is 2.26. The van der Waals surface area contributed by atoms with E-state index < -0.39 is 0 Å². The molecule has 1 aromatic rings. The maximum absolute atomic E-state index is 14.3. The van der Waals surface area contributed by atoms with Crippen molar-refractivity contribution in [1.29, 1.82) is 0 Å². The Labute approximate surface area is 127 Å². The van der Waals surface area contributed by atoms with Gasteiger partial charge in [-0.25, -0.2) is 4.39 Å². The molecule has 1 aliphatic heterocycles. The van der Waals surface area contributed by atoms with E-state index >= 15 is 0 Å². The van der Waals surface area contributed by atoms with Gasteiger partial charge in [-0.3, -0.25) is 4.90 Å². The predicted molar refractivity (Wildman–Crippen MR) is 84.1 cm³/mol. The van der Waals surface area contributed by atoms with Crippen LogP contribution in [0.25, 0.3) is 0 Å². The van der Waals surface area contributed by atoms with Gasteiger partial charge in [0, 0.05) is 37.3 Å². The van der Waals surface area contributed by atoms with Crippen molar-refractivity contribution >= 4 is 0 Å². The summed E-state index contributed by atoms with van der Waals surface area (Å²) < 4.78 is 19.4. The van der Waals surface area contributed by atoms with Crippen molar-refractivity contribution in [3.05, 3.63) is 29.6 Å². The van der Waals surface area contributed by atoms with E-state index in [1.165, 1.54) is 7.11 Å². The van der Waals surface area contributed by atoms with Crippen molar-refractivity contribution in [2.45, 2.75) is 46.3 Å². The Hall–Kier alpha value is -1.13. The van der Waals surface area contributed by atoms with Gasteiger partial charge in [-0.2, -0.15) is 0 Å². The minimum absolute atomic E-state index is 0.200. The van der Waals surface area contributed by atoms with E-state index in [-0.39, 0.29) is 11.2 Å². The Kier molecular flexibility index (Phi) is 4.89. The molecule has 2 atom stereocenters. The molecule has 118 valence electrons. The minimum atomic E-state index is -0.238. The van der Waals surface area contributed by atoms with Gasteiger partial charge in [0.25, 0.3) is 0 Å². The minimum Gasteiger partial charge on any atom is -0.494 e. The molecule has 0 spiro atoms. The number of piperazine rings is 1. The van der Waals surface area contributed by atoms with E-state index in [0.29, 0.717) is 29.9 Å². The summed E-state index contributed by atoms with van der Waals surface area (Å²) in [6, 6.07) is 6.18. The molecule has 3 nitrogen and oxygen atoms in total. The second-order valence-corrected chi connectivity index (χ2v) is 7.04. The van der Waals surface area contributed by atoms with E-state index in [9.17, 15) is 4.39 Å². The average molecular weight is 294 g/mol. The van der Waals surface area contributed by atoms with Gasteiger partial charge in [-0.1, -0.05) is 32.9 Å².